The van der Waals surface area contributed by atoms with Gasteiger partial charge in [0.15, 0.2) is 6.17 Å². The third kappa shape index (κ3) is 5.60. The van der Waals surface area contributed by atoms with Gasteiger partial charge < -0.3 is 4.74 Å². The Kier molecular flexibility index (Phi) is 8.51. The van der Waals surface area contributed by atoms with Gasteiger partial charge in [-0.1, -0.05) is 6.58 Å². The van der Waals surface area contributed by atoms with Crippen LogP contribution >= 0.6 is 0 Å². The molecular formula is C15H12F16O2. The fourth-order valence-corrected chi connectivity index (χ4v) is 1.91. The number of esters is 1. The van der Waals surface area contributed by atoms with Gasteiger partial charge in [0.1, 0.15) is 0 Å². The third-order valence-electron chi connectivity index (χ3n) is 3.85. The number of ether oxygens (including phenoxy) is 1. The molecule has 0 aromatic rings. The Hall–Kier alpha value is -1.91. The zero-order chi connectivity index (χ0) is 27.1. The lowest BCUT2D eigenvalue weighted by atomic mass is 9.90. The van der Waals surface area contributed by atoms with E-state index in [9.17, 15) is 75.0 Å². The maximum Gasteiger partial charge on any atom is 0.473 e. The number of carbonyl (C=O) groups is 1. The molecule has 0 heterocycles. The van der Waals surface area contributed by atoms with Gasteiger partial charge in [0.25, 0.3) is 0 Å². The first-order chi connectivity index (χ1) is 14.2. The molecule has 0 aromatic carbocycles. The maximum absolute atomic E-state index is 13.6. The molecule has 0 rings (SSSR count). The summed E-state index contributed by atoms with van der Waals surface area (Å²) >= 11 is 0. The summed E-state index contributed by atoms with van der Waals surface area (Å²) < 4.78 is 213. The first kappa shape index (κ1) is 31.1. The van der Waals surface area contributed by atoms with Crippen LogP contribution in [0.3, 0.4) is 0 Å². The van der Waals surface area contributed by atoms with Crippen LogP contribution in [0.5, 0.6) is 0 Å². The number of hydrogen-bond donors (Lipinski definition) is 0. The fraction of sp³-hybridized carbons (Fsp3) is 0.800. The van der Waals surface area contributed by atoms with Crippen molar-refractivity contribution in [2.45, 2.75) is 74.3 Å². The van der Waals surface area contributed by atoms with Crippen LogP contribution in [0.25, 0.3) is 0 Å². The van der Waals surface area contributed by atoms with Gasteiger partial charge in [-0.25, -0.2) is 9.18 Å². The minimum absolute atomic E-state index is 0.470. The largest absolute Gasteiger partial charge is 0.473 e. The molecule has 0 amide bonds. The number of hydrogen-bond acceptors (Lipinski definition) is 2. The smallest absolute Gasteiger partial charge is 0.393 e. The summed E-state index contributed by atoms with van der Waals surface area (Å²) in [5.74, 6) is -41.6. The molecule has 0 spiro atoms. The molecule has 0 saturated heterocycles. The lowest BCUT2D eigenvalue weighted by Crippen LogP contribution is -2.72. The van der Waals surface area contributed by atoms with Crippen molar-refractivity contribution in [3.63, 3.8) is 0 Å². The van der Waals surface area contributed by atoms with Crippen molar-refractivity contribution in [2.24, 2.45) is 0 Å². The average Bonchev–Trinajstić information content (AvgIpc) is 2.58. The Bertz CT molecular complexity index is 724. The summed E-state index contributed by atoms with van der Waals surface area (Å²) in [4.78, 5) is 10.8. The van der Waals surface area contributed by atoms with Gasteiger partial charge in [0.2, 0.25) is 0 Å². The van der Waals surface area contributed by atoms with Crippen LogP contribution in [-0.2, 0) is 9.53 Å². The summed E-state index contributed by atoms with van der Waals surface area (Å²) in [5, 5.41) is 0. The Labute approximate surface area is 173 Å². The van der Waals surface area contributed by atoms with Gasteiger partial charge >= 0.3 is 47.9 Å². The highest BCUT2D eigenvalue weighted by molar-refractivity contribution is 5.87. The van der Waals surface area contributed by atoms with Crippen molar-refractivity contribution in [1.82, 2.24) is 0 Å². The Balaban J connectivity index is 6.17. The molecule has 2 nitrogen and oxygen atoms in total. The van der Waals surface area contributed by atoms with Crippen LogP contribution in [0.2, 0.25) is 0 Å². The van der Waals surface area contributed by atoms with Crippen molar-refractivity contribution in [3.05, 3.63) is 12.2 Å². The minimum atomic E-state index is -8.17. The van der Waals surface area contributed by atoms with Crippen molar-refractivity contribution < 1.29 is 79.8 Å². The average molecular weight is 528 g/mol. The van der Waals surface area contributed by atoms with E-state index in [-0.39, 0.29) is 0 Å². The SMILES string of the molecule is C=C(C)C(=O)OC(F)(F)C(F)(F)C(F)(F)C(F)(F)C(F)(F)C(F)(F)C(F)CCCC(F)(F)F. The lowest BCUT2D eigenvalue weighted by molar-refractivity contribution is -0.453. The first-order valence-corrected chi connectivity index (χ1v) is 8.07. The zero-order valence-corrected chi connectivity index (χ0v) is 15.8. The van der Waals surface area contributed by atoms with Crippen molar-refractivity contribution in [3.8, 4) is 0 Å². The highest BCUT2D eigenvalue weighted by atomic mass is 19.4. The van der Waals surface area contributed by atoms with Gasteiger partial charge in [-0.15, -0.1) is 0 Å². The monoisotopic (exact) mass is 528 g/mol. The molecule has 0 aliphatic heterocycles. The van der Waals surface area contributed by atoms with Crippen LogP contribution in [0.15, 0.2) is 12.2 Å². The van der Waals surface area contributed by atoms with E-state index < -0.39 is 78.9 Å². The van der Waals surface area contributed by atoms with E-state index >= 15 is 0 Å². The topological polar surface area (TPSA) is 26.3 Å². The van der Waals surface area contributed by atoms with Gasteiger partial charge in [-0.3, -0.25) is 0 Å². The van der Waals surface area contributed by atoms with Crippen molar-refractivity contribution in [2.75, 3.05) is 0 Å². The molecule has 0 radical (unpaired) electrons. The minimum Gasteiger partial charge on any atom is -0.393 e. The predicted octanol–water partition coefficient (Wildman–Crippen LogP) is 6.95. The number of rotatable bonds is 11. The number of carbonyl (C=O) groups excluding carboxylic acids is 1. The molecule has 196 valence electrons. The molecule has 0 aliphatic carbocycles. The molecule has 1 unspecified atom stereocenters. The quantitative estimate of drug-likeness (QED) is 0.165. The molecule has 18 heteroatoms. The normalized spacial score (nSPS) is 15.9. The van der Waals surface area contributed by atoms with Crippen LogP contribution in [0, 0.1) is 0 Å². The van der Waals surface area contributed by atoms with Gasteiger partial charge in [-0.05, 0) is 19.8 Å². The molecule has 0 fully saturated rings. The second-order valence-corrected chi connectivity index (χ2v) is 6.58. The number of alkyl halides is 16. The van der Waals surface area contributed by atoms with E-state index in [2.05, 4.69) is 11.3 Å². The zero-order valence-electron chi connectivity index (χ0n) is 15.8. The second-order valence-electron chi connectivity index (χ2n) is 6.58. The third-order valence-corrected chi connectivity index (χ3v) is 3.85. The molecule has 0 aromatic heterocycles. The summed E-state index contributed by atoms with van der Waals surface area (Å²) in [7, 11) is 0. The highest BCUT2D eigenvalue weighted by Gasteiger charge is 2.91. The Morgan fingerprint density at radius 1 is 0.758 bits per heavy atom. The standard InChI is InChI=1S/C15H12F16O2/c1-6(2)8(32)33-15(30,31)14(28,29)13(26,27)12(24,25)11(22,23)10(20,21)7(16)4-3-5-9(17,18)19/h7H,1,3-5H2,2H3. The lowest BCUT2D eigenvalue weighted by Gasteiger charge is -2.41. The predicted molar refractivity (Wildman–Crippen MR) is 75.4 cm³/mol. The fourth-order valence-electron chi connectivity index (χ4n) is 1.91. The summed E-state index contributed by atoms with van der Waals surface area (Å²) in [6.45, 7) is 3.01. The van der Waals surface area contributed by atoms with Crippen LogP contribution in [0.4, 0.5) is 70.2 Å². The molecule has 33 heavy (non-hydrogen) atoms. The van der Waals surface area contributed by atoms with Crippen molar-refractivity contribution in [1.29, 1.82) is 0 Å². The van der Waals surface area contributed by atoms with E-state index in [0.717, 1.165) is 0 Å². The van der Waals surface area contributed by atoms with Gasteiger partial charge in [0, 0.05) is 12.0 Å². The molecule has 0 aliphatic rings. The van der Waals surface area contributed by atoms with E-state index in [0.29, 0.717) is 6.92 Å². The van der Waals surface area contributed by atoms with E-state index in [4.69, 9.17) is 0 Å². The summed E-state index contributed by atoms with van der Waals surface area (Å²) in [6, 6.07) is 0. The first-order valence-electron chi connectivity index (χ1n) is 8.07. The van der Waals surface area contributed by atoms with E-state index in [1.165, 1.54) is 0 Å². The van der Waals surface area contributed by atoms with Crippen LogP contribution in [0.1, 0.15) is 26.2 Å². The highest BCUT2D eigenvalue weighted by Crippen LogP contribution is 2.61. The van der Waals surface area contributed by atoms with Crippen molar-refractivity contribution >= 4 is 5.97 Å². The van der Waals surface area contributed by atoms with E-state index in [1.807, 2.05) is 0 Å². The maximum atomic E-state index is 13.6. The summed E-state index contributed by atoms with van der Waals surface area (Å²) in [5.41, 5.74) is -1.20. The van der Waals surface area contributed by atoms with Gasteiger partial charge in [0.05, 0.1) is 0 Å². The Morgan fingerprint density at radius 3 is 1.52 bits per heavy atom. The molecule has 1 atom stereocenters. The van der Waals surface area contributed by atoms with Crippen LogP contribution < -0.4 is 0 Å². The molecular weight excluding hydrogens is 516 g/mol. The number of halogens is 16. The van der Waals surface area contributed by atoms with E-state index in [1.54, 1.807) is 0 Å². The molecule has 0 N–H and O–H groups in total. The van der Waals surface area contributed by atoms with Crippen LogP contribution in [-0.4, -0.2) is 54.0 Å². The molecule has 0 saturated carbocycles. The second kappa shape index (κ2) is 9.03. The Morgan fingerprint density at radius 2 is 1.15 bits per heavy atom. The molecule has 0 bridgehead atoms. The summed E-state index contributed by atoms with van der Waals surface area (Å²) in [6.07, 6.45) is -23.0. The van der Waals surface area contributed by atoms with Gasteiger partial charge in [-0.2, -0.15) is 65.9 Å².